The number of nitrogens with two attached hydrogens (primary N) is 1. The van der Waals surface area contributed by atoms with Crippen LogP contribution < -0.4 is 16.0 Å². The quantitative estimate of drug-likeness (QED) is 0.631. The van der Waals surface area contributed by atoms with Crippen LogP contribution in [0.15, 0.2) is 60.9 Å². The Morgan fingerprint density at radius 3 is 2.61 bits per heavy atom. The molecule has 3 aromatic rings. The summed E-state index contributed by atoms with van der Waals surface area (Å²) in [5, 5.41) is 7.16. The number of anilines is 2. The fourth-order valence-electron chi connectivity index (χ4n) is 4.56. The molecule has 8 heteroatoms. The molecule has 33 heavy (non-hydrogen) atoms. The number of aromatic nitrogens is 2. The second-order valence-corrected chi connectivity index (χ2v) is 8.73. The van der Waals surface area contributed by atoms with Crippen LogP contribution in [-0.2, 0) is 24.4 Å². The third-order valence-electron chi connectivity index (χ3n) is 6.42. The molecule has 2 aliphatic rings. The van der Waals surface area contributed by atoms with E-state index in [2.05, 4.69) is 15.3 Å². The molecule has 0 saturated carbocycles. The van der Waals surface area contributed by atoms with Gasteiger partial charge in [-0.2, -0.15) is 5.10 Å². The van der Waals surface area contributed by atoms with E-state index in [-0.39, 0.29) is 24.4 Å². The third kappa shape index (κ3) is 4.61. The van der Waals surface area contributed by atoms with Crippen LogP contribution in [0.4, 0.5) is 11.4 Å². The fourth-order valence-corrected chi connectivity index (χ4v) is 4.56. The van der Waals surface area contributed by atoms with Crippen LogP contribution in [0.5, 0.6) is 0 Å². The number of carbonyl (C=O) groups excluding carboxylic acids is 2. The number of nitrogens with one attached hydrogen (secondary N) is 1. The van der Waals surface area contributed by atoms with E-state index in [1.807, 2.05) is 47.4 Å². The summed E-state index contributed by atoms with van der Waals surface area (Å²) in [4.78, 5) is 29.8. The van der Waals surface area contributed by atoms with E-state index < -0.39 is 0 Å². The van der Waals surface area contributed by atoms with Crippen LogP contribution in [-0.4, -0.2) is 45.6 Å². The first kappa shape index (κ1) is 21.2. The highest BCUT2D eigenvalue weighted by Gasteiger charge is 2.25. The van der Waals surface area contributed by atoms with Crippen molar-refractivity contribution in [2.45, 2.75) is 38.5 Å². The Bertz CT molecular complexity index is 1150. The van der Waals surface area contributed by atoms with Crippen molar-refractivity contribution in [1.82, 2.24) is 14.7 Å². The van der Waals surface area contributed by atoms with Gasteiger partial charge in [-0.25, -0.2) is 0 Å². The molecule has 0 bridgehead atoms. The predicted octanol–water partition coefficient (Wildman–Crippen LogP) is 2.61. The molecule has 3 heterocycles. The summed E-state index contributed by atoms with van der Waals surface area (Å²) < 4.78 is 1.63. The predicted molar refractivity (Wildman–Crippen MR) is 127 cm³/mol. The van der Waals surface area contributed by atoms with Gasteiger partial charge in [-0.3, -0.25) is 14.3 Å². The molecule has 1 aromatic heterocycles. The lowest BCUT2D eigenvalue weighted by Crippen LogP contribution is -2.40. The van der Waals surface area contributed by atoms with Gasteiger partial charge in [0.2, 0.25) is 5.91 Å². The first-order chi connectivity index (χ1) is 16.1. The van der Waals surface area contributed by atoms with Gasteiger partial charge in [-0.1, -0.05) is 18.2 Å². The molecule has 2 aliphatic heterocycles. The molecule has 0 atom stereocenters. The lowest BCUT2D eigenvalue weighted by molar-refractivity contribution is -0.132. The highest BCUT2D eigenvalue weighted by Crippen LogP contribution is 2.28. The van der Waals surface area contributed by atoms with Crippen molar-refractivity contribution in [3.63, 3.8) is 0 Å². The minimum absolute atomic E-state index is 0.0238. The number of hydrogen-bond donors (Lipinski definition) is 2. The van der Waals surface area contributed by atoms with Crippen LogP contribution in [0.25, 0.3) is 0 Å². The summed E-state index contributed by atoms with van der Waals surface area (Å²) in [5.41, 5.74) is 10.5. The van der Waals surface area contributed by atoms with Gasteiger partial charge in [0.05, 0.1) is 5.56 Å². The highest BCUT2D eigenvalue weighted by atomic mass is 16.2. The van der Waals surface area contributed by atoms with Crippen molar-refractivity contribution in [3.05, 3.63) is 77.6 Å². The average molecular weight is 445 g/mol. The van der Waals surface area contributed by atoms with Gasteiger partial charge in [0.15, 0.2) is 0 Å². The van der Waals surface area contributed by atoms with Gasteiger partial charge >= 0.3 is 0 Å². The van der Waals surface area contributed by atoms with Crippen LogP contribution in [0.2, 0.25) is 0 Å². The summed E-state index contributed by atoms with van der Waals surface area (Å²) in [7, 11) is 0. The summed E-state index contributed by atoms with van der Waals surface area (Å²) >= 11 is 0. The maximum absolute atomic E-state index is 13.2. The van der Waals surface area contributed by atoms with Crippen molar-refractivity contribution < 1.29 is 9.59 Å². The Kier molecular flexibility index (Phi) is 5.83. The van der Waals surface area contributed by atoms with E-state index in [4.69, 9.17) is 5.73 Å². The lowest BCUT2D eigenvalue weighted by Gasteiger charge is -2.33. The van der Waals surface area contributed by atoms with Gasteiger partial charge in [-0.15, -0.1) is 0 Å². The lowest BCUT2D eigenvalue weighted by atomic mass is 10.0. The topological polar surface area (TPSA) is 96.5 Å². The summed E-state index contributed by atoms with van der Waals surface area (Å²) in [5.74, 6) is -0.110. The Morgan fingerprint density at radius 2 is 1.82 bits per heavy atom. The molecule has 2 amide bonds. The standard InChI is InChI=1S/C25H28N6O2/c26-20-8-12-29(13-9-20)23-5-2-1-4-22(23)25(33)28-21-7-6-18-15-30(16-19(18)14-21)24(32)17-31-11-3-10-27-31/h1-7,10-11,14,20H,8-9,12-13,15-17,26H2,(H,28,33). The molecule has 0 radical (unpaired) electrons. The number of hydrogen-bond acceptors (Lipinski definition) is 5. The van der Waals surface area contributed by atoms with Gasteiger partial charge in [0, 0.05) is 56.0 Å². The smallest absolute Gasteiger partial charge is 0.257 e. The summed E-state index contributed by atoms with van der Waals surface area (Å²) in [6.07, 6.45) is 5.30. The monoisotopic (exact) mass is 444 g/mol. The first-order valence-electron chi connectivity index (χ1n) is 11.3. The second-order valence-electron chi connectivity index (χ2n) is 8.73. The molecule has 8 nitrogen and oxygen atoms in total. The third-order valence-corrected chi connectivity index (χ3v) is 6.42. The number of para-hydroxylation sites is 1. The van der Waals surface area contributed by atoms with Crippen molar-refractivity contribution in [1.29, 1.82) is 0 Å². The van der Waals surface area contributed by atoms with Crippen molar-refractivity contribution in [3.8, 4) is 0 Å². The molecule has 2 aromatic carbocycles. The normalized spacial score (nSPS) is 16.0. The first-order valence-corrected chi connectivity index (χ1v) is 11.3. The van der Waals surface area contributed by atoms with Crippen LogP contribution in [0, 0.1) is 0 Å². The summed E-state index contributed by atoms with van der Waals surface area (Å²) in [6.45, 7) is 3.04. The Balaban J connectivity index is 1.27. The zero-order chi connectivity index (χ0) is 22.8. The molecule has 5 rings (SSSR count). The number of piperidine rings is 1. The maximum atomic E-state index is 13.2. The molecular weight excluding hydrogens is 416 g/mol. The number of fused-ring (bicyclic) bond motifs is 1. The van der Waals surface area contributed by atoms with Gasteiger partial charge < -0.3 is 20.9 Å². The van der Waals surface area contributed by atoms with E-state index >= 15 is 0 Å². The molecular formula is C25H28N6O2. The van der Waals surface area contributed by atoms with E-state index in [1.165, 1.54) is 0 Å². The molecule has 170 valence electrons. The van der Waals surface area contributed by atoms with Gasteiger partial charge in [0.25, 0.3) is 5.91 Å². The molecule has 0 spiro atoms. The number of nitrogens with zero attached hydrogens (tertiary/aromatic N) is 4. The summed E-state index contributed by atoms with van der Waals surface area (Å²) in [6, 6.07) is 15.6. The van der Waals surface area contributed by atoms with E-state index in [0.29, 0.717) is 18.7 Å². The van der Waals surface area contributed by atoms with Crippen LogP contribution in [0.1, 0.15) is 34.3 Å². The highest BCUT2D eigenvalue weighted by molar-refractivity contribution is 6.08. The zero-order valence-corrected chi connectivity index (χ0v) is 18.5. The minimum atomic E-state index is -0.134. The zero-order valence-electron chi connectivity index (χ0n) is 18.5. The van der Waals surface area contributed by atoms with Crippen molar-refractivity contribution in [2.24, 2.45) is 5.73 Å². The second kappa shape index (κ2) is 9.07. The minimum Gasteiger partial charge on any atom is -0.371 e. The van der Waals surface area contributed by atoms with E-state index in [1.54, 1.807) is 23.1 Å². The Hall–Kier alpha value is -3.65. The Morgan fingerprint density at radius 1 is 1.03 bits per heavy atom. The SMILES string of the molecule is NC1CCN(c2ccccc2C(=O)Nc2ccc3c(c2)CN(C(=O)Cn2cccn2)C3)CC1. The largest absolute Gasteiger partial charge is 0.371 e. The average Bonchev–Trinajstić information content (AvgIpc) is 3.49. The van der Waals surface area contributed by atoms with E-state index in [0.717, 1.165) is 48.4 Å². The number of rotatable bonds is 5. The number of carbonyl (C=O) groups is 2. The van der Waals surface area contributed by atoms with Gasteiger partial charge in [0.1, 0.15) is 6.54 Å². The van der Waals surface area contributed by atoms with Crippen molar-refractivity contribution >= 4 is 23.2 Å². The van der Waals surface area contributed by atoms with Gasteiger partial charge in [-0.05, 0) is 54.3 Å². The fraction of sp³-hybridized carbons (Fsp3) is 0.320. The molecule has 3 N–H and O–H groups in total. The van der Waals surface area contributed by atoms with E-state index in [9.17, 15) is 9.59 Å². The molecule has 1 saturated heterocycles. The van der Waals surface area contributed by atoms with Crippen molar-refractivity contribution in [2.75, 3.05) is 23.3 Å². The maximum Gasteiger partial charge on any atom is 0.257 e. The molecule has 0 unspecified atom stereocenters. The molecule has 0 aliphatic carbocycles. The van der Waals surface area contributed by atoms with Crippen LogP contribution >= 0.6 is 0 Å². The Labute approximate surface area is 193 Å². The molecule has 1 fully saturated rings. The van der Waals surface area contributed by atoms with Crippen LogP contribution in [0.3, 0.4) is 0 Å². The number of amides is 2. The number of benzene rings is 2.